The van der Waals surface area contributed by atoms with Gasteiger partial charge < -0.3 is 10.2 Å². The molecule has 1 aliphatic rings. The van der Waals surface area contributed by atoms with Crippen LogP contribution >= 0.6 is 0 Å². The summed E-state index contributed by atoms with van der Waals surface area (Å²) in [5, 5.41) is 0. The number of furan rings is 1. The monoisotopic (exact) mass is 208 g/mol. The Kier molecular flexibility index (Phi) is 3.12. The molecule has 0 bridgehead atoms. The van der Waals surface area contributed by atoms with E-state index in [9.17, 15) is 0 Å². The number of rotatable bonds is 4. The fourth-order valence-corrected chi connectivity index (χ4v) is 2.34. The van der Waals surface area contributed by atoms with Gasteiger partial charge in [-0.15, -0.1) is 0 Å². The van der Waals surface area contributed by atoms with E-state index in [2.05, 4.69) is 18.0 Å². The molecule has 0 saturated heterocycles. The third kappa shape index (κ3) is 2.24. The smallest absolute Gasteiger partial charge is 0.118 e. The Labute approximate surface area is 91.2 Å². The van der Waals surface area contributed by atoms with Gasteiger partial charge in [0.25, 0.3) is 0 Å². The van der Waals surface area contributed by atoms with Crippen molar-refractivity contribution in [2.75, 3.05) is 13.6 Å². The van der Waals surface area contributed by atoms with Crippen LogP contribution in [0.1, 0.15) is 24.4 Å². The summed E-state index contributed by atoms with van der Waals surface area (Å²) in [6.07, 6.45) is 2.56. The molecule has 2 unspecified atom stereocenters. The molecule has 0 aliphatic heterocycles. The average Bonchev–Trinajstić information content (AvgIpc) is 2.49. The zero-order valence-corrected chi connectivity index (χ0v) is 9.57. The Morgan fingerprint density at radius 1 is 1.47 bits per heavy atom. The fourth-order valence-electron chi connectivity index (χ4n) is 2.34. The third-order valence-corrected chi connectivity index (χ3v) is 3.45. The van der Waals surface area contributed by atoms with Gasteiger partial charge >= 0.3 is 0 Å². The number of hydrogen-bond acceptors (Lipinski definition) is 3. The Hall–Kier alpha value is -0.800. The van der Waals surface area contributed by atoms with Crippen LogP contribution in [-0.2, 0) is 6.54 Å². The molecule has 1 aliphatic carbocycles. The van der Waals surface area contributed by atoms with Crippen molar-refractivity contribution in [2.45, 2.75) is 32.4 Å². The summed E-state index contributed by atoms with van der Waals surface area (Å²) in [5.74, 6) is 2.73. The van der Waals surface area contributed by atoms with Gasteiger partial charge in [0.05, 0.1) is 6.54 Å². The van der Waals surface area contributed by atoms with Gasteiger partial charge in [-0.25, -0.2) is 0 Å². The highest BCUT2D eigenvalue weighted by atomic mass is 16.3. The minimum Gasteiger partial charge on any atom is -0.465 e. The first kappa shape index (κ1) is 10.7. The lowest BCUT2D eigenvalue weighted by molar-refractivity contribution is 0.0779. The van der Waals surface area contributed by atoms with Crippen LogP contribution in [0.2, 0.25) is 0 Å². The molecule has 2 rings (SSSR count). The second-order valence-electron chi connectivity index (χ2n) is 4.57. The molecule has 15 heavy (non-hydrogen) atoms. The van der Waals surface area contributed by atoms with Gasteiger partial charge in [0, 0.05) is 6.04 Å². The van der Waals surface area contributed by atoms with Crippen LogP contribution in [0.15, 0.2) is 16.5 Å². The zero-order valence-electron chi connectivity index (χ0n) is 9.57. The van der Waals surface area contributed by atoms with Crippen LogP contribution in [-0.4, -0.2) is 24.5 Å². The lowest BCUT2D eigenvalue weighted by Gasteiger charge is -2.41. The van der Waals surface area contributed by atoms with Gasteiger partial charge in [-0.3, -0.25) is 4.90 Å². The summed E-state index contributed by atoms with van der Waals surface area (Å²) >= 11 is 0. The topological polar surface area (TPSA) is 42.4 Å². The quantitative estimate of drug-likeness (QED) is 0.819. The van der Waals surface area contributed by atoms with Crippen molar-refractivity contribution < 1.29 is 4.42 Å². The summed E-state index contributed by atoms with van der Waals surface area (Å²) in [6, 6.07) is 4.73. The Balaban J connectivity index is 1.89. The van der Waals surface area contributed by atoms with Gasteiger partial charge in [-0.05, 0) is 51.4 Å². The van der Waals surface area contributed by atoms with Crippen LogP contribution in [0.4, 0.5) is 0 Å². The normalized spacial score (nSPS) is 25.6. The standard InChI is InChI=1S/C12H20N2O/c1-9-3-5-11(15-9)8-14(2)12-6-4-10(12)7-13/h3,5,10,12H,4,6-8,13H2,1-2H3. The molecule has 1 saturated carbocycles. The number of hydrogen-bond donors (Lipinski definition) is 1. The molecule has 1 heterocycles. The molecule has 0 spiro atoms. The van der Waals surface area contributed by atoms with Crippen LogP contribution in [0.3, 0.4) is 0 Å². The third-order valence-electron chi connectivity index (χ3n) is 3.45. The Morgan fingerprint density at radius 3 is 2.73 bits per heavy atom. The molecule has 3 heteroatoms. The average molecular weight is 208 g/mol. The first-order valence-corrected chi connectivity index (χ1v) is 5.66. The highest BCUT2D eigenvalue weighted by Gasteiger charge is 2.32. The minimum atomic E-state index is 0.653. The van der Waals surface area contributed by atoms with E-state index >= 15 is 0 Å². The maximum absolute atomic E-state index is 5.71. The summed E-state index contributed by atoms with van der Waals surface area (Å²) in [6.45, 7) is 3.69. The maximum atomic E-state index is 5.71. The molecule has 84 valence electrons. The lowest BCUT2D eigenvalue weighted by Crippen LogP contribution is -2.47. The van der Waals surface area contributed by atoms with E-state index in [0.29, 0.717) is 12.0 Å². The van der Waals surface area contributed by atoms with Crippen molar-refractivity contribution in [2.24, 2.45) is 11.7 Å². The van der Waals surface area contributed by atoms with E-state index < -0.39 is 0 Å². The first-order chi connectivity index (χ1) is 7.20. The maximum Gasteiger partial charge on any atom is 0.118 e. The predicted octanol–water partition coefficient (Wildman–Crippen LogP) is 1.76. The summed E-state index contributed by atoms with van der Waals surface area (Å²) in [5.41, 5.74) is 5.71. The van der Waals surface area contributed by atoms with Crippen LogP contribution in [0, 0.1) is 12.8 Å². The van der Waals surface area contributed by atoms with Crippen LogP contribution < -0.4 is 5.73 Å². The molecule has 2 atom stereocenters. The molecule has 0 aromatic carbocycles. The molecule has 2 N–H and O–H groups in total. The second kappa shape index (κ2) is 4.37. The summed E-state index contributed by atoms with van der Waals surface area (Å²) in [4.78, 5) is 2.36. The molecule has 3 nitrogen and oxygen atoms in total. The van der Waals surface area contributed by atoms with Gasteiger partial charge in [0.15, 0.2) is 0 Å². The Bertz CT molecular complexity index is 319. The van der Waals surface area contributed by atoms with E-state index in [4.69, 9.17) is 10.2 Å². The number of nitrogens with two attached hydrogens (primary N) is 1. The summed E-state index contributed by atoms with van der Waals surface area (Å²) in [7, 11) is 2.16. The fraction of sp³-hybridized carbons (Fsp3) is 0.667. The minimum absolute atomic E-state index is 0.653. The van der Waals surface area contributed by atoms with Crippen molar-refractivity contribution in [1.82, 2.24) is 4.90 Å². The highest BCUT2D eigenvalue weighted by molar-refractivity contribution is 5.06. The van der Waals surface area contributed by atoms with E-state index in [-0.39, 0.29) is 0 Å². The van der Waals surface area contributed by atoms with E-state index in [1.54, 1.807) is 0 Å². The van der Waals surface area contributed by atoms with Crippen LogP contribution in [0.5, 0.6) is 0 Å². The molecule has 0 radical (unpaired) electrons. The summed E-state index contributed by atoms with van der Waals surface area (Å²) < 4.78 is 5.57. The van der Waals surface area contributed by atoms with Crippen molar-refractivity contribution in [3.63, 3.8) is 0 Å². The number of nitrogens with zero attached hydrogens (tertiary/aromatic N) is 1. The second-order valence-corrected chi connectivity index (χ2v) is 4.57. The molecule has 0 amide bonds. The molecular formula is C12H20N2O. The van der Waals surface area contributed by atoms with Crippen molar-refractivity contribution in [3.05, 3.63) is 23.7 Å². The van der Waals surface area contributed by atoms with Gasteiger partial charge in [-0.2, -0.15) is 0 Å². The SMILES string of the molecule is Cc1ccc(CN(C)C2CCC2CN)o1. The predicted molar refractivity (Wildman–Crippen MR) is 60.5 cm³/mol. The molecule has 1 fully saturated rings. The molecule has 1 aromatic rings. The van der Waals surface area contributed by atoms with Gasteiger partial charge in [-0.1, -0.05) is 0 Å². The van der Waals surface area contributed by atoms with Crippen molar-refractivity contribution in [3.8, 4) is 0 Å². The van der Waals surface area contributed by atoms with E-state index in [1.165, 1.54) is 12.8 Å². The van der Waals surface area contributed by atoms with Crippen molar-refractivity contribution in [1.29, 1.82) is 0 Å². The lowest BCUT2D eigenvalue weighted by atomic mass is 9.79. The zero-order chi connectivity index (χ0) is 10.8. The van der Waals surface area contributed by atoms with E-state index in [1.807, 2.05) is 13.0 Å². The number of aryl methyl sites for hydroxylation is 1. The highest BCUT2D eigenvalue weighted by Crippen LogP contribution is 2.31. The van der Waals surface area contributed by atoms with E-state index in [0.717, 1.165) is 24.6 Å². The van der Waals surface area contributed by atoms with Crippen molar-refractivity contribution >= 4 is 0 Å². The largest absolute Gasteiger partial charge is 0.465 e. The van der Waals surface area contributed by atoms with Crippen LogP contribution in [0.25, 0.3) is 0 Å². The Morgan fingerprint density at radius 2 is 2.27 bits per heavy atom. The molecular weight excluding hydrogens is 188 g/mol. The first-order valence-electron chi connectivity index (χ1n) is 5.66. The van der Waals surface area contributed by atoms with Gasteiger partial charge in [0.2, 0.25) is 0 Å². The van der Waals surface area contributed by atoms with Gasteiger partial charge in [0.1, 0.15) is 11.5 Å². The molecule has 1 aromatic heterocycles.